The lowest BCUT2D eigenvalue weighted by molar-refractivity contribution is -0.119. The number of hydrogen-bond acceptors (Lipinski definition) is 2. The van der Waals surface area contributed by atoms with Crippen molar-refractivity contribution >= 4 is 11.6 Å². The van der Waals surface area contributed by atoms with E-state index in [9.17, 15) is 4.79 Å². The molecule has 0 radical (unpaired) electrons. The number of anilines is 1. The highest BCUT2D eigenvalue weighted by atomic mass is 16.1. The predicted molar refractivity (Wildman–Crippen MR) is 68.6 cm³/mol. The summed E-state index contributed by atoms with van der Waals surface area (Å²) in [4.78, 5) is 11.5. The SMILES string of the molecule is C#Cc1cccc(NCC(=O)NCC2CC2)c1. The van der Waals surface area contributed by atoms with Crippen LogP contribution in [-0.4, -0.2) is 19.0 Å². The van der Waals surface area contributed by atoms with Gasteiger partial charge in [0.05, 0.1) is 6.54 Å². The average molecular weight is 228 g/mol. The lowest BCUT2D eigenvalue weighted by Gasteiger charge is -2.07. The fourth-order valence-electron chi connectivity index (χ4n) is 1.54. The second-order valence-corrected chi connectivity index (χ2v) is 4.33. The number of benzene rings is 1. The third-order valence-corrected chi connectivity index (χ3v) is 2.77. The molecule has 0 bridgehead atoms. The van der Waals surface area contributed by atoms with Gasteiger partial charge in [0.25, 0.3) is 0 Å². The van der Waals surface area contributed by atoms with Crippen LogP contribution in [0.3, 0.4) is 0 Å². The van der Waals surface area contributed by atoms with Gasteiger partial charge < -0.3 is 10.6 Å². The van der Waals surface area contributed by atoms with Gasteiger partial charge in [-0.25, -0.2) is 0 Å². The standard InChI is InChI=1S/C14H16N2O/c1-2-11-4-3-5-13(8-11)15-10-14(17)16-9-12-6-7-12/h1,3-5,8,12,15H,6-7,9-10H2,(H,16,17). The maximum atomic E-state index is 11.5. The number of terminal acetylenes is 1. The van der Waals surface area contributed by atoms with Crippen molar-refractivity contribution in [3.8, 4) is 12.3 Å². The van der Waals surface area contributed by atoms with E-state index in [1.165, 1.54) is 12.8 Å². The van der Waals surface area contributed by atoms with Gasteiger partial charge >= 0.3 is 0 Å². The molecule has 0 aliphatic heterocycles. The first-order valence-corrected chi connectivity index (χ1v) is 5.85. The second-order valence-electron chi connectivity index (χ2n) is 4.33. The van der Waals surface area contributed by atoms with Crippen LogP contribution < -0.4 is 10.6 Å². The monoisotopic (exact) mass is 228 g/mol. The quantitative estimate of drug-likeness (QED) is 0.752. The van der Waals surface area contributed by atoms with Gasteiger partial charge in [-0.3, -0.25) is 4.79 Å². The topological polar surface area (TPSA) is 41.1 Å². The van der Waals surface area contributed by atoms with E-state index in [1.807, 2.05) is 24.3 Å². The van der Waals surface area contributed by atoms with E-state index in [0.29, 0.717) is 12.5 Å². The van der Waals surface area contributed by atoms with Crippen LogP contribution in [0.4, 0.5) is 5.69 Å². The summed E-state index contributed by atoms with van der Waals surface area (Å²) >= 11 is 0. The van der Waals surface area contributed by atoms with Crippen molar-refractivity contribution in [3.63, 3.8) is 0 Å². The minimum atomic E-state index is 0.0306. The molecule has 0 unspecified atom stereocenters. The summed E-state index contributed by atoms with van der Waals surface area (Å²) < 4.78 is 0. The van der Waals surface area contributed by atoms with Crippen molar-refractivity contribution in [2.45, 2.75) is 12.8 Å². The molecule has 17 heavy (non-hydrogen) atoms. The first-order chi connectivity index (χ1) is 8.28. The van der Waals surface area contributed by atoms with Crippen LogP contribution in [0.25, 0.3) is 0 Å². The second kappa shape index (κ2) is 5.40. The van der Waals surface area contributed by atoms with Crippen LogP contribution in [0.2, 0.25) is 0 Å². The van der Waals surface area contributed by atoms with Gasteiger partial charge in [0, 0.05) is 17.8 Å². The van der Waals surface area contributed by atoms with Crippen LogP contribution in [0.5, 0.6) is 0 Å². The maximum Gasteiger partial charge on any atom is 0.239 e. The molecular formula is C14H16N2O. The first-order valence-electron chi connectivity index (χ1n) is 5.85. The highest BCUT2D eigenvalue weighted by Crippen LogP contribution is 2.27. The van der Waals surface area contributed by atoms with Gasteiger partial charge in [-0.1, -0.05) is 12.0 Å². The van der Waals surface area contributed by atoms with Crippen LogP contribution in [0, 0.1) is 18.3 Å². The summed E-state index contributed by atoms with van der Waals surface area (Å²) in [6.07, 6.45) is 7.80. The Balaban J connectivity index is 1.76. The Kier molecular flexibility index (Phi) is 3.66. The normalized spacial score (nSPS) is 13.8. The van der Waals surface area contributed by atoms with Crippen LogP contribution in [-0.2, 0) is 4.79 Å². The third kappa shape index (κ3) is 3.84. The summed E-state index contributed by atoms with van der Waals surface area (Å²) in [6.45, 7) is 1.10. The molecule has 3 nitrogen and oxygen atoms in total. The summed E-state index contributed by atoms with van der Waals surface area (Å²) in [6, 6.07) is 7.49. The van der Waals surface area contributed by atoms with Crippen molar-refractivity contribution in [2.24, 2.45) is 5.92 Å². The minimum absolute atomic E-state index is 0.0306. The number of nitrogens with one attached hydrogen (secondary N) is 2. The van der Waals surface area contributed by atoms with E-state index in [0.717, 1.165) is 17.8 Å². The van der Waals surface area contributed by atoms with Gasteiger partial charge in [0.2, 0.25) is 5.91 Å². The molecule has 1 saturated carbocycles. The number of hydrogen-bond donors (Lipinski definition) is 2. The van der Waals surface area contributed by atoms with Gasteiger partial charge in [0.1, 0.15) is 0 Å². The van der Waals surface area contributed by atoms with E-state index in [2.05, 4.69) is 16.6 Å². The number of carbonyl (C=O) groups is 1. The predicted octanol–water partition coefficient (Wildman–Crippen LogP) is 1.61. The van der Waals surface area contributed by atoms with E-state index in [4.69, 9.17) is 6.42 Å². The van der Waals surface area contributed by atoms with Crippen LogP contribution >= 0.6 is 0 Å². The van der Waals surface area contributed by atoms with Crippen molar-refractivity contribution in [1.29, 1.82) is 0 Å². The molecule has 1 fully saturated rings. The van der Waals surface area contributed by atoms with E-state index in [-0.39, 0.29) is 5.91 Å². The molecule has 88 valence electrons. The summed E-state index contributed by atoms with van der Waals surface area (Å²) in [5.74, 6) is 3.31. The fourth-order valence-corrected chi connectivity index (χ4v) is 1.54. The lowest BCUT2D eigenvalue weighted by Crippen LogP contribution is -2.31. The highest BCUT2D eigenvalue weighted by molar-refractivity contribution is 5.80. The van der Waals surface area contributed by atoms with E-state index < -0.39 is 0 Å². The summed E-state index contributed by atoms with van der Waals surface area (Å²) in [5, 5.41) is 5.96. The van der Waals surface area contributed by atoms with Crippen molar-refractivity contribution in [3.05, 3.63) is 29.8 Å². The molecule has 1 amide bonds. The van der Waals surface area contributed by atoms with Gasteiger partial charge in [-0.15, -0.1) is 6.42 Å². The Labute approximate surface area is 102 Å². The van der Waals surface area contributed by atoms with E-state index >= 15 is 0 Å². The fraction of sp³-hybridized carbons (Fsp3) is 0.357. The van der Waals surface area contributed by atoms with Crippen LogP contribution in [0.15, 0.2) is 24.3 Å². The Bertz CT molecular complexity index is 444. The summed E-state index contributed by atoms with van der Waals surface area (Å²) in [5.41, 5.74) is 1.69. The van der Waals surface area contributed by atoms with Crippen molar-refractivity contribution in [1.82, 2.24) is 5.32 Å². The number of carbonyl (C=O) groups excluding carboxylic acids is 1. The first kappa shape index (κ1) is 11.5. The molecule has 1 aromatic carbocycles. The number of rotatable bonds is 5. The molecule has 1 aliphatic carbocycles. The molecule has 0 saturated heterocycles. The van der Waals surface area contributed by atoms with Crippen molar-refractivity contribution in [2.75, 3.05) is 18.4 Å². The zero-order valence-corrected chi connectivity index (χ0v) is 9.70. The molecule has 0 heterocycles. The Morgan fingerprint density at radius 3 is 3.00 bits per heavy atom. The zero-order chi connectivity index (χ0) is 12.1. The maximum absolute atomic E-state index is 11.5. The molecule has 1 aliphatic rings. The molecule has 1 aromatic rings. The van der Waals surface area contributed by atoms with Gasteiger partial charge in [-0.05, 0) is 37.0 Å². The van der Waals surface area contributed by atoms with Gasteiger partial charge in [0.15, 0.2) is 0 Å². The molecule has 0 aromatic heterocycles. The molecule has 0 spiro atoms. The largest absolute Gasteiger partial charge is 0.376 e. The average Bonchev–Trinajstić information content (AvgIpc) is 3.18. The minimum Gasteiger partial charge on any atom is -0.376 e. The summed E-state index contributed by atoms with van der Waals surface area (Å²) in [7, 11) is 0. The molecule has 0 atom stereocenters. The highest BCUT2D eigenvalue weighted by Gasteiger charge is 2.21. The third-order valence-electron chi connectivity index (χ3n) is 2.77. The lowest BCUT2D eigenvalue weighted by atomic mass is 10.2. The molecule has 2 N–H and O–H groups in total. The Hall–Kier alpha value is -1.95. The molecule has 2 rings (SSSR count). The smallest absolute Gasteiger partial charge is 0.239 e. The zero-order valence-electron chi connectivity index (χ0n) is 9.70. The molecule has 3 heteroatoms. The van der Waals surface area contributed by atoms with Crippen molar-refractivity contribution < 1.29 is 4.79 Å². The van der Waals surface area contributed by atoms with Crippen LogP contribution in [0.1, 0.15) is 18.4 Å². The molecular weight excluding hydrogens is 212 g/mol. The number of amides is 1. The Morgan fingerprint density at radius 2 is 2.29 bits per heavy atom. The van der Waals surface area contributed by atoms with E-state index in [1.54, 1.807) is 0 Å². The Morgan fingerprint density at radius 1 is 1.47 bits per heavy atom. The van der Waals surface area contributed by atoms with Gasteiger partial charge in [-0.2, -0.15) is 0 Å².